The summed E-state index contributed by atoms with van der Waals surface area (Å²) >= 11 is 0. The Hall–Kier alpha value is -1.02. The fourth-order valence-electron chi connectivity index (χ4n) is 0.875. The molecule has 8 heteroatoms. The quantitative estimate of drug-likeness (QED) is 0.207. The molecule has 0 saturated heterocycles. The van der Waals surface area contributed by atoms with Gasteiger partial charge in [0.05, 0.1) is 6.42 Å². The predicted molar refractivity (Wildman–Crippen MR) is 54.8 cm³/mol. The van der Waals surface area contributed by atoms with Gasteiger partial charge in [-0.1, -0.05) is 0 Å². The van der Waals surface area contributed by atoms with Crippen molar-refractivity contribution in [2.24, 2.45) is 10.8 Å². The number of hydrogen-bond donors (Lipinski definition) is 3. The van der Waals surface area contributed by atoms with Crippen LogP contribution in [-0.4, -0.2) is 38.9 Å². The van der Waals surface area contributed by atoms with Gasteiger partial charge in [0.15, 0.2) is 0 Å². The maximum absolute atomic E-state index is 11.8. The van der Waals surface area contributed by atoms with Gasteiger partial charge in [-0.2, -0.15) is 13.2 Å². The van der Waals surface area contributed by atoms with Crippen LogP contribution in [0.4, 0.5) is 13.2 Å². The highest BCUT2D eigenvalue weighted by molar-refractivity contribution is 5.79. The Labute approximate surface area is 92.2 Å². The van der Waals surface area contributed by atoms with Gasteiger partial charge in [0.2, 0.25) is 5.96 Å². The van der Waals surface area contributed by atoms with E-state index in [1.807, 2.05) is 0 Å². The Balaban J connectivity index is 3.73. The van der Waals surface area contributed by atoms with Crippen LogP contribution in [0.15, 0.2) is 4.99 Å². The second kappa shape index (κ2) is 8.17. The van der Waals surface area contributed by atoms with E-state index in [1.165, 1.54) is 0 Å². The normalized spacial score (nSPS) is 12.7. The first-order valence-electron chi connectivity index (χ1n) is 4.80. The Morgan fingerprint density at radius 2 is 2.12 bits per heavy atom. The minimum atomic E-state index is -4.18. The molecule has 0 radical (unpaired) electrons. The Morgan fingerprint density at radius 3 is 2.62 bits per heavy atom. The summed E-state index contributed by atoms with van der Waals surface area (Å²) in [4.78, 5) is 3.92. The summed E-state index contributed by atoms with van der Waals surface area (Å²) in [6.45, 7) is 0.729. The van der Waals surface area contributed by atoms with Crippen molar-refractivity contribution in [3.8, 4) is 0 Å². The summed E-state index contributed by atoms with van der Waals surface area (Å²) in [5.41, 5.74) is 2.20. The molecule has 0 aliphatic carbocycles. The van der Waals surface area contributed by atoms with E-state index in [0.717, 1.165) is 0 Å². The van der Waals surface area contributed by atoms with Crippen molar-refractivity contribution in [3.63, 3.8) is 0 Å². The van der Waals surface area contributed by atoms with Crippen LogP contribution in [0, 0.1) is 0 Å². The standard InChI is InChI=1S/C8H17F3N4O/c1-16-6-2-4-13-7(15-12)14-5-3-8(9,10)11/h2-6,12H2,1H3,(H2,13,14,15). The zero-order valence-corrected chi connectivity index (χ0v) is 9.10. The fourth-order valence-corrected chi connectivity index (χ4v) is 0.875. The second-order valence-electron chi connectivity index (χ2n) is 3.01. The Bertz CT molecular complexity index is 208. The van der Waals surface area contributed by atoms with E-state index in [1.54, 1.807) is 7.11 Å². The van der Waals surface area contributed by atoms with Crippen molar-refractivity contribution in [2.45, 2.75) is 19.0 Å². The van der Waals surface area contributed by atoms with Gasteiger partial charge in [0.25, 0.3) is 0 Å². The Kier molecular flexibility index (Phi) is 7.65. The van der Waals surface area contributed by atoms with E-state index in [4.69, 9.17) is 10.6 Å². The van der Waals surface area contributed by atoms with Crippen LogP contribution in [0.2, 0.25) is 0 Å². The van der Waals surface area contributed by atoms with E-state index in [2.05, 4.69) is 15.7 Å². The van der Waals surface area contributed by atoms with Gasteiger partial charge in [0, 0.05) is 26.8 Å². The molecular formula is C8H17F3N4O. The van der Waals surface area contributed by atoms with Gasteiger partial charge in [-0.05, 0) is 6.42 Å². The number of hydrazine groups is 1. The first kappa shape index (κ1) is 15.0. The maximum Gasteiger partial charge on any atom is 0.390 e. The molecule has 0 spiro atoms. The minimum absolute atomic E-state index is 0.153. The highest BCUT2D eigenvalue weighted by atomic mass is 19.4. The second-order valence-corrected chi connectivity index (χ2v) is 3.01. The molecule has 0 aromatic heterocycles. The topological polar surface area (TPSA) is 71.7 Å². The van der Waals surface area contributed by atoms with Crippen molar-refractivity contribution in [1.82, 2.24) is 10.7 Å². The molecule has 0 rings (SSSR count). The zero-order valence-electron chi connectivity index (χ0n) is 9.10. The van der Waals surface area contributed by atoms with E-state index in [0.29, 0.717) is 19.6 Å². The lowest BCUT2D eigenvalue weighted by Crippen LogP contribution is -2.42. The van der Waals surface area contributed by atoms with Gasteiger partial charge in [-0.3, -0.25) is 10.4 Å². The van der Waals surface area contributed by atoms with Gasteiger partial charge in [-0.15, -0.1) is 0 Å². The van der Waals surface area contributed by atoms with Gasteiger partial charge in [0.1, 0.15) is 0 Å². The number of nitrogens with zero attached hydrogens (tertiary/aromatic N) is 1. The average Bonchev–Trinajstić information content (AvgIpc) is 2.20. The number of halogens is 3. The maximum atomic E-state index is 11.8. The van der Waals surface area contributed by atoms with Crippen LogP contribution in [0.5, 0.6) is 0 Å². The van der Waals surface area contributed by atoms with E-state index < -0.39 is 12.6 Å². The van der Waals surface area contributed by atoms with Crippen LogP contribution < -0.4 is 16.6 Å². The summed E-state index contributed by atoms with van der Waals surface area (Å²) in [6, 6.07) is 0. The monoisotopic (exact) mass is 242 g/mol. The molecule has 0 aromatic carbocycles. The van der Waals surface area contributed by atoms with E-state index in [-0.39, 0.29) is 12.5 Å². The Morgan fingerprint density at radius 1 is 1.44 bits per heavy atom. The van der Waals surface area contributed by atoms with Crippen LogP contribution in [0.1, 0.15) is 12.8 Å². The zero-order chi connectivity index (χ0) is 12.4. The number of hydrogen-bond acceptors (Lipinski definition) is 3. The SMILES string of the molecule is COCCCN=C(NN)NCCC(F)(F)F. The number of nitrogens with two attached hydrogens (primary N) is 1. The van der Waals surface area contributed by atoms with Crippen LogP contribution in [0.25, 0.3) is 0 Å². The van der Waals surface area contributed by atoms with E-state index >= 15 is 0 Å². The highest BCUT2D eigenvalue weighted by Gasteiger charge is 2.26. The van der Waals surface area contributed by atoms with E-state index in [9.17, 15) is 13.2 Å². The number of nitrogens with one attached hydrogen (secondary N) is 2. The van der Waals surface area contributed by atoms with Gasteiger partial charge < -0.3 is 10.1 Å². The summed E-state index contributed by atoms with van der Waals surface area (Å²) in [6.07, 6.45) is -4.42. The molecular weight excluding hydrogens is 225 g/mol. The molecule has 0 aromatic rings. The van der Waals surface area contributed by atoms with Crippen molar-refractivity contribution in [2.75, 3.05) is 26.8 Å². The number of guanidine groups is 1. The lowest BCUT2D eigenvalue weighted by Gasteiger charge is -2.10. The molecule has 0 heterocycles. The molecule has 96 valence electrons. The smallest absolute Gasteiger partial charge is 0.385 e. The van der Waals surface area contributed by atoms with Crippen LogP contribution >= 0.6 is 0 Å². The minimum Gasteiger partial charge on any atom is -0.385 e. The molecule has 0 bridgehead atoms. The molecule has 4 N–H and O–H groups in total. The molecule has 0 atom stereocenters. The van der Waals surface area contributed by atoms with Crippen molar-refractivity contribution < 1.29 is 17.9 Å². The van der Waals surface area contributed by atoms with Crippen LogP contribution in [0.3, 0.4) is 0 Å². The molecule has 0 amide bonds. The third-order valence-corrected chi connectivity index (χ3v) is 1.61. The third-order valence-electron chi connectivity index (χ3n) is 1.61. The average molecular weight is 242 g/mol. The molecule has 16 heavy (non-hydrogen) atoms. The number of ether oxygens (including phenoxy) is 1. The summed E-state index contributed by atoms with van der Waals surface area (Å²) in [7, 11) is 1.56. The highest BCUT2D eigenvalue weighted by Crippen LogP contribution is 2.17. The number of methoxy groups -OCH3 is 1. The summed E-state index contributed by atoms with van der Waals surface area (Å²) in [5, 5.41) is 2.46. The number of rotatable bonds is 6. The summed E-state index contributed by atoms with van der Waals surface area (Å²) in [5.74, 6) is 5.23. The third kappa shape index (κ3) is 9.53. The number of alkyl halides is 3. The largest absolute Gasteiger partial charge is 0.390 e. The molecule has 0 aliphatic rings. The fraction of sp³-hybridized carbons (Fsp3) is 0.875. The first-order valence-corrected chi connectivity index (χ1v) is 4.80. The molecule has 0 saturated carbocycles. The van der Waals surface area contributed by atoms with Crippen molar-refractivity contribution in [3.05, 3.63) is 0 Å². The molecule has 0 aliphatic heterocycles. The molecule has 5 nitrogen and oxygen atoms in total. The van der Waals surface area contributed by atoms with Crippen molar-refractivity contribution >= 4 is 5.96 Å². The van der Waals surface area contributed by atoms with Gasteiger partial charge in [-0.25, -0.2) is 5.84 Å². The van der Waals surface area contributed by atoms with Crippen LogP contribution in [-0.2, 0) is 4.74 Å². The van der Waals surface area contributed by atoms with Gasteiger partial charge >= 0.3 is 6.18 Å². The summed E-state index contributed by atoms with van der Waals surface area (Å²) < 4.78 is 40.2. The predicted octanol–water partition coefficient (Wildman–Crippen LogP) is 0.384. The van der Waals surface area contributed by atoms with Crippen molar-refractivity contribution in [1.29, 1.82) is 0 Å². The number of aliphatic imine (C=N–C) groups is 1. The first-order chi connectivity index (χ1) is 7.49. The lowest BCUT2D eigenvalue weighted by molar-refractivity contribution is -0.132. The lowest BCUT2D eigenvalue weighted by atomic mass is 10.4. The molecule has 0 unspecified atom stereocenters. The molecule has 0 fully saturated rings.